The number of ether oxygens (including phenoxy) is 1. The van der Waals surface area contributed by atoms with Crippen molar-refractivity contribution in [1.82, 2.24) is 56.7 Å². The van der Waals surface area contributed by atoms with E-state index in [1.807, 2.05) is 6.92 Å². The summed E-state index contributed by atoms with van der Waals surface area (Å²) in [5, 5.41) is 47.4. The number of allylic oxidation sites excluding steroid dienone is 2. The molecule has 3 aromatic rings. The highest BCUT2D eigenvalue weighted by molar-refractivity contribution is 8.76. The van der Waals surface area contributed by atoms with Gasteiger partial charge < -0.3 is 74.1 Å². The van der Waals surface area contributed by atoms with Crippen LogP contribution >= 0.6 is 21.6 Å². The molecule has 0 saturated carbocycles. The number of primary amides is 1. The average Bonchev–Trinajstić information content (AvgIpc) is 3.93. The Morgan fingerprint density at radius 2 is 1.61 bits per heavy atom. The van der Waals surface area contributed by atoms with Gasteiger partial charge in [0, 0.05) is 65.4 Å². The molecule has 1 aliphatic carbocycles. The number of nitrogen functional groups attached to an aromatic ring is 1. The predicted octanol–water partition coefficient (Wildman–Crippen LogP) is -3.16. The van der Waals surface area contributed by atoms with E-state index in [2.05, 4.69) is 57.2 Å². The number of carbonyl (C=O) groups is 10. The summed E-state index contributed by atoms with van der Waals surface area (Å²) in [5.74, 6) is -9.78. The third-order valence-corrected chi connectivity index (χ3v) is 14.7. The number of H-pyrrole nitrogens is 1. The van der Waals surface area contributed by atoms with E-state index in [4.69, 9.17) is 21.9 Å². The zero-order valence-corrected chi connectivity index (χ0v) is 42.7. The van der Waals surface area contributed by atoms with Crippen molar-refractivity contribution in [2.75, 3.05) is 48.9 Å². The molecule has 0 radical (unpaired) electrons. The van der Waals surface area contributed by atoms with E-state index in [1.54, 1.807) is 4.90 Å². The van der Waals surface area contributed by atoms with Crippen LogP contribution in [0.4, 0.5) is 16.4 Å². The summed E-state index contributed by atoms with van der Waals surface area (Å²) < 4.78 is 5.07. The van der Waals surface area contributed by atoms with Gasteiger partial charge in [-0.1, -0.05) is 21.6 Å². The van der Waals surface area contributed by atoms with Crippen LogP contribution in [-0.4, -0.2) is 173 Å². The van der Waals surface area contributed by atoms with Crippen LogP contribution in [0.2, 0.25) is 0 Å². The Balaban J connectivity index is 0.909. The minimum atomic E-state index is -1.81. The van der Waals surface area contributed by atoms with Crippen molar-refractivity contribution in [2.45, 2.75) is 75.9 Å². The number of nitrogens with one attached hydrogen (secondary N) is 8. The molecule has 30 nitrogen and oxygen atoms in total. The second kappa shape index (κ2) is 25.9. The number of nitrogens with two attached hydrogens (primary N) is 3. The molecule has 7 atom stereocenters. The van der Waals surface area contributed by atoms with Crippen LogP contribution in [0.25, 0.3) is 11.2 Å². The van der Waals surface area contributed by atoms with Crippen molar-refractivity contribution in [3.63, 3.8) is 0 Å². The van der Waals surface area contributed by atoms with Gasteiger partial charge in [0.05, 0.1) is 49.0 Å². The summed E-state index contributed by atoms with van der Waals surface area (Å²) in [6.07, 6.45) is -1.45. The standard InChI is InChI=1S/C45H55N15O15S2/c1-18-31(36(65)30-23(15-75-45(48)74)33-19(2)53-17-60(33)34(30)35(18)64)49-9-10-76-77-16-27(43(72)73)57-40(68)26(11-29(62)63)56-39(67)24(46)14-51-28(61)8-7-25(42(70)71)55-38(66)20-3-5-21(6-4-20)50-12-22-13-52-37-32(54-22)41(69)59-44(47)58-37/h3-6,13,19,23-27,33,49-50,53H,7-12,14-17,46H2,1-2H3,(H2,48,74)(H,51,61)(H,55,66)(H,56,67)(H,57,68)(H,62,63)(H,70,71)(H,72,73)(H3,47,52,58,59,69)/t19-,23+,24-,25+,26-,27-,33?/m0/s1. The Labute approximate surface area is 443 Å². The van der Waals surface area contributed by atoms with Gasteiger partial charge in [-0.3, -0.25) is 48.7 Å². The van der Waals surface area contributed by atoms with Gasteiger partial charge in [-0.25, -0.2) is 24.4 Å². The fraction of sp³-hybridized carbons (Fsp3) is 0.422. The first-order valence-corrected chi connectivity index (χ1v) is 25.9. The number of Topliss-reactive ketones (excluding diaryl/α,β-unsaturated/α-hetero) is 2. The maximum Gasteiger partial charge on any atom is 0.404 e. The minimum Gasteiger partial charge on any atom is -0.481 e. The summed E-state index contributed by atoms with van der Waals surface area (Å²) in [6.45, 7) is 3.23. The Morgan fingerprint density at radius 3 is 2.29 bits per heavy atom. The molecule has 0 bridgehead atoms. The molecular formula is C45H55N15O15S2. The van der Waals surface area contributed by atoms with Crippen LogP contribution < -0.4 is 60.0 Å². The van der Waals surface area contributed by atoms with E-state index in [9.17, 15) is 68.1 Å². The van der Waals surface area contributed by atoms with Crippen molar-refractivity contribution in [3.05, 3.63) is 74.6 Å². The Hall–Kier alpha value is -8.36. The molecule has 2 aromatic heterocycles. The number of hydrogen-bond donors (Lipinski definition) is 14. The van der Waals surface area contributed by atoms with Crippen molar-refractivity contribution in [3.8, 4) is 0 Å². The Kier molecular flexibility index (Phi) is 19.5. The lowest BCUT2D eigenvalue weighted by atomic mass is 9.83. The van der Waals surface area contributed by atoms with Crippen molar-refractivity contribution in [2.24, 2.45) is 17.4 Å². The number of carbonyl (C=O) groups excluding carboxylic acids is 7. The average molecular weight is 1110 g/mol. The van der Waals surface area contributed by atoms with Gasteiger partial charge in [-0.2, -0.15) is 4.98 Å². The number of nitrogens with zero attached hydrogens (tertiary/aromatic N) is 4. The molecule has 4 heterocycles. The smallest absolute Gasteiger partial charge is 0.404 e. The summed E-state index contributed by atoms with van der Waals surface area (Å²) >= 11 is 0. The Morgan fingerprint density at radius 1 is 0.909 bits per heavy atom. The summed E-state index contributed by atoms with van der Waals surface area (Å²) in [4.78, 5) is 155. The molecule has 1 saturated heterocycles. The van der Waals surface area contributed by atoms with Crippen LogP contribution in [0, 0.1) is 5.92 Å². The van der Waals surface area contributed by atoms with Crippen LogP contribution in [-0.2, 0) is 49.6 Å². The monoisotopic (exact) mass is 1110 g/mol. The van der Waals surface area contributed by atoms with E-state index in [1.165, 1.54) is 37.4 Å². The van der Waals surface area contributed by atoms with Gasteiger partial charge in [-0.05, 0) is 44.5 Å². The number of amides is 5. The summed E-state index contributed by atoms with van der Waals surface area (Å²) in [6, 6.07) is -1.04. The van der Waals surface area contributed by atoms with E-state index in [0.29, 0.717) is 18.1 Å². The first-order valence-electron chi connectivity index (χ1n) is 23.5. The number of aliphatic carboxylic acids is 3. The number of fused-ring (bicyclic) bond motifs is 3. The number of carboxylic acids is 3. The predicted molar refractivity (Wildman–Crippen MR) is 274 cm³/mol. The first-order chi connectivity index (χ1) is 36.5. The number of rotatable bonds is 27. The normalized spacial score (nSPS) is 18.3. The van der Waals surface area contributed by atoms with Gasteiger partial charge >= 0.3 is 24.0 Å². The molecule has 1 aromatic carbocycles. The van der Waals surface area contributed by atoms with Gasteiger partial charge in [0.15, 0.2) is 11.2 Å². The summed E-state index contributed by atoms with van der Waals surface area (Å²) in [7, 11) is 2.18. The highest BCUT2D eigenvalue weighted by Gasteiger charge is 2.53. The van der Waals surface area contributed by atoms with E-state index >= 15 is 0 Å². The molecule has 17 N–H and O–H groups in total. The maximum absolute atomic E-state index is 13.8. The number of hydrogen-bond acceptors (Lipinski definition) is 23. The number of carboxylic acid groups (broad SMARTS) is 3. The first kappa shape index (κ1) is 57.9. The maximum atomic E-state index is 13.8. The highest BCUT2D eigenvalue weighted by atomic mass is 33.1. The van der Waals surface area contributed by atoms with Gasteiger partial charge in [0.25, 0.3) is 11.5 Å². The molecule has 6 rings (SSSR count). The van der Waals surface area contributed by atoms with Crippen molar-refractivity contribution in [1.29, 1.82) is 0 Å². The molecular weight excluding hydrogens is 1050 g/mol. The lowest BCUT2D eigenvalue weighted by molar-refractivity contribution is -0.143. The quantitative estimate of drug-likeness (QED) is 0.0203. The number of benzene rings is 1. The fourth-order valence-electron chi connectivity index (χ4n) is 8.39. The number of anilines is 2. The molecule has 1 unspecified atom stereocenters. The fourth-order valence-corrected chi connectivity index (χ4v) is 10.5. The second-order valence-corrected chi connectivity index (χ2v) is 20.2. The SMILES string of the molecule is CC1=C(NCCSSC[C@H](NC(=O)[C@H](CC(=O)O)NC(=O)[C@@H](N)CNC(=O)CC[C@@H](NC(=O)c2ccc(NCc3cnc4nc(N)[nH]c(=O)c4n3)cc2)C(=O)O)C(=O)O)C(=O)C2=C(C1=O)N1CN[C@@H](C)C1[C@@H]2COC(N)=O. The molecule has 1 fully saturated rings. The summed E-state index contributed by atoms with van der Waals surface area (Å²) in [5.41, 5.74) is 17.9. The lowest BCUT2D eigenvalue weighted by Gasteiger charge is -2.25. The molecule has 412 valence electrons. The third kappa shape index (κ3) is 14.7. The molecule has 2 aliphatic heterocycles. The molecule has 0 spiro atoms. The van der Waals surface area contributed by atoms with Crippen molar-refractivity contribution < 1.29 is 68.0 Å². The topological polar surface area (TPSA) is 478 Å². The molecule has 5 amide bonds. The Bertz CT molecular complexity index is 2970. The van der Waals surface area contributed by atoms with E-state index in [-0.39, 0.29) is 101 Å². The van der Waals surface area contributed by atoms with Gasteiger partial charge in [0.1, 0.15) is 30.8 Å². The van der Waals surface area contributed by atoms with Crippen LogP contribution in [0.5, 0.6) is 0 Å². The van der Waals surface area contributed by atoms with Crippen LogP contribution in [0.1, 0.15) is 49.2 Å². The second-order valence-electron chi connectivity index (χ2n) is 17.6. The number of aromatic amines is 1. The third-order valence-electron chi connectivity index (χ3n) is 12.2. The molecule has 3 aliphatic rings. The molecule has 32 heteroatoms. The van der Waals surface area contributed by atoms with Crippen molar-refractivity contribution >= 4 is 104 Å². The van der Waals surface area contributed by atoms with Gasteiger partial charge in [-0.15, -0.1) is 0 Å². The van der Waals surface area contributed by atoms with E-state index < -0.39 is 108 Å². The molecule has 77 heavy (non-hydrogen) atoms. The van der Waals surface area contributed by atoms with Crippen LogP contribution in [0.15, 0.2) is 57.8 Å². The van der Waals surface area contributed by atoms with Crippen LogP contribution in [0.3, 0.4) is 0 Å². The zero-order valence-electron chi connectivity index (χ0n) is 41.1. The largest absolute Gasteiger partial charge is 0.481 e. The van der Waals surface area contributed by atoms with Gasteiger partial charge in [0.2, 0.25) is 35.2 Å². The zero-order chi connectivity index (χ0) is 56.2. The van der Waals surface area contributed by atoms with E-state index in [0.717, 1.165) is 21.6 Å². The number of aromatic nitrogens is 4. The minimum absolute atomic E-state index is 0.00812. The lowest BCUT2D eigenvalue weighted by Crippen LogP contribution is -2.57. The number of ketones is 2. The highest BCUT2D eigenvalue weighted by Crippen LogP contribution is 2.43.